The summed E-state index contributed by atoms with van der Waals surface area (Å²) in [6.07, 6.45) is 0.0325. The molecule has 6 heteroatoms. The van der Waals surface area contributed by atoms with Gasteiger partial charge >= 0.3 is 0 Å². The minimum Gasteiger partial charge on any atom is -0.391 e. The van der Waals surface area contributed by atoms with E-state index in [1.807, 2.05) is 6.92 Å². The van der Waals surface area contributed by atoms with Crippen LogP contribution in [0.1, 0.15) is 29.9 Å². The van der Waals surface area contributed by atoms with Crippen LogP contribution in [0.5, 0.6) is 0 Å². The van der Waals surface area contributed by atoms with Crippen LogP contribution in [0.15, 0.2) is 17.5 Å². The number of rotatable bonds is 6. The number of thiophene rings is 1. The molecular weight excluding hydrogens is 252 g/mol. The predicted molar refractivity (Wildman–Crippen MR) is 70.6 cm³/mol. The molecule has 0 spiro atoms. The predicted octanol–water partition coefficient (Wildman–Crippen LogP) is 0.754. The summed E-state index contributed by atoms with van der Waals surface area (Å²) in [7, 11) is 0. The number of carbonyl (C=O) groups is 2. The van der Waals surface area contributed by atoms with E-state index in [0.29, 0.717) is 11.3 Å². The van der Waals surface area contributed by atoms with Crippen molar-refractivity contribution >= 4 is 23.2 Å². The van der Waals surface area contributed by atoms with E-state index in [2.05, 4.69) is 10.6 Å². The largest absolute Gasteiger partial charge is 0.391 e. The molecule has 2 unspecified atom stereocenters. The Morgan fingerprint density at radius 3 is 2.78 bits per heavy atom. The van der Waals surface area contributed by atoms with Crippen LogP contribution in [0.4, 0.5) is 0 Å². The summed E-state index contributed by atoms with van der Waals surface area (Å²) in [5.74, 6) is -0.559. The normalized spacial score (nSPS) is 13.7. The van der Waals surface area contributed by atoms with Crippen LogP contribution in [0.3, 0.4) is 0 Å². The van der Waals surface area contributed by atoms with Gasteiger partial charge in [0.1, 0.15) is 6.04 Å². The Morgan fingerprint density at radius 2 is 2.22 bits per heavy atom. The molecule has 18 heavy (non-hydrogen) atoms. The van der Waals surface area contributed by atoms with Gasteiger partial charge in [0.2, 0.25) is 5.91 Å². The second-order valence-electron chi connectivity index (χ2n) is 3.98. The van der Waals surface area contributed by atoms with Crippen LogP contribution >= 0.6 is 11.3 Å². The van der Waals surface area contributed by atoms with Crippen molar-refractivity contribution in [2.24, 2.45) is 0 Å². The SMILES string of the molecule is CCC(O)CNC(=O)C(C)NC(=O)c1cccs1. The van der Waals surface area contributed by atoms with Gasteiger partial charge in [-0.05, 0) is 24.8 Å². The monoisotopic (exact) mass is 270 g/mol. The molecule has 1 aromatic rings. The van der Waals surface area contributed by atoms with Crippen molar-refractivity contribution in [3.8, 4) is 0 Å². The lowest BCUT2D eigenvalue weighted by Gasteiger charge is -2.15. The number of hydrogen-bond acceptors (Lipinski definition) is 4. The number of hydrogen-bond donors (Lipinski definition) is 3. The van der Waals surface area contributed by atoms with E-state index in [1.165, 1.54) is 11.3 Å². The zero-order valence-electron chi connectivity index (χ0n) is 10.5. The van der Waals surface area contributed by atoms with E-state index in [9.17, 15) is 14.7 Å². The number of nitrogens with one attached hydrogen (secondary N) is 2. The van der Waals surface area contributed by atoms with Gasteiger partial charge in [0, 0.05) is 6.54 Å². The molecule has 0 aliphatic rings. The lowest BCUT2D eigenvalue weighted by atomic mass is 10.2. The Hall–Kier alpha value is -1.40. The van der Waals surface area contributed by atoms with Gasteiger partial charge in [0.15, 0.2) is 0 Å². The molecule has 1 aromatic heterocycles. The average molecular weight is 270 g/mol. The van der Waals surface area contributed by atoms with E-state index in [4.69, 9.17) is 0 Å². The molecule has 3 N–H and O–H groups in total. The van der Waals surface area contributed by atoms with Gasteiger partial charge in [0.25, 0.3) is 5.91 Å². The summed E-state index contributed by atoms with van der Waals surface area (Å²) < 4.78 is 0. The minimum atomic E-state index is -0.622. The van der Waals surface area contributed by atoms with Gasteiger partial charge in [-0.15, -0.1) is 11.3 Å². The molecule has 2 amide bonds. The first-order valence-corrected chi connectivity index (χ1v) is 6.72. The summed E-state index contributed by atoms with van der Waals surface area (Å²) in [5.41, 5.74) is 0. The highest BCUT2D eigenvalue weighted by molar-refractivity contribution is 7.12. The van der Waals surface area contributed by atoms with E-state index in [-0.39, 0.29) is 18.4 Å². The average Bonchev–Trinajstić information content (AvgIpc) is 2.89. The maximum atomic E-state index is 11.7. The summed E-state index contributed by atoms with van der Waals surface area (Å²) in [6, 6.07) is 2.86. The first kappa shape index (κ1) is 14.7. The third-order valence-electron chi connectivity index (χ3n) is 2.47. The fourth-order valence-electron chi connectivity index (χ4n) is 1.26. The second kappa shape index (κ2) is 7.13. The van der Waals surface area contributed by atoms with Crippen molar-refractivity contribution in [1.82, 2.24) is 10.6 Å². The molecule has 100 valence electrons. The molecule has 0 radical (unpaired) electrons. The topological polar surface area (TPSA) is 78.4 Å². The van der Waals surface area contributed by atoms with E-state index in [0.717, 1.165) is 0 Å². The number of carbonyl (C=O) groups excluding carboxylic acids is 2. The van der Waals surface area contributed by atoms with E-state index >= 15 is 0 Å². The summed E-state index contributed by atoms with van der Waals surface area (Å²) >= 11 is 1.32. The van der Waals surface area contributed by atoms with Crippen molar-refractivity contribution < 1.29 is 14.7 Å². The Kier molecular flexibility index (Phi) is 5.80. The van der Waals surface area contributed by atoms with Crippen LogP contribution in [0.2, 0.25) is 0 Å². The van der Waals surface area contributed by atoms with Gasteiger partial charge in [-0.1, -0.05) is 13.0 Å². The van der Waals surface area contributed by atoms with Gasteiger partial charge in [-0.2, -0.15) is 0 Å². The Balaban J connectivity index is 2.38. The molecule has 1 heterocycles. The third kappa shape index (κ3) is 4.46. The van der Waals surface area contributed by atoms with E-state index < -0.39 is 12.1 Å². The van der Waals surface area contributed by atoms with Gasteiger partial charge in [-0.25, -0.2) is 0 Å². The summed E-state index contributed by atoms with van der Waals surface area (Å²) in [5, 5.41) is 16.3. The van der Waals surface area contributed by atoms with Gasteiger partial charge in [-0.3, -0.25) is 9.59 Å². The van der Waals surface area contributed by atoms with Crippen LogP contribution in [0, 0.1) is 0 Å². The lowest BCUT2D eigenvalue weighted by molar-refractivity contribution is -0.123. The van der Waals surface area contributed by atoms with Crippen molar-refractivity contribution in [3.63, 3.8) is 0 Å². The Morgan fingerprint density at radius 1 is 1.50 bits per heavy atom. The molecule has 0 saturated carbocycles. The van der Waals surface area contributed by atoms with E-state index in [1.54, 1.807) is 24.4 Å². The van der Waals surface area contributed by atoms with Gasteiger partial charge < -0.3 is 15.7 Å². The molecule has 1 rings (SSSR count). The fourth-order valence-corrected chi connectivity index (χ4v) is 1.88. The van der Waals surface area contributed by atoms with Crippen molar-refractivity contribution in [2.45, 2.75) is 32.4 Å². The highest BCUT2D eigenvalue weighted by Gasteiger charge is 2.17. The molecule has 0 aliphatic heterocycles. The number of amides is 2. The lowest BCUT2D eigenvalue weighted by Crippen LogP contribution is -2.46. The molecule has 0 aromatic carbocycles. The quantitative estimate of drug-likeness (QED) is 0.714. The molecule has 0 fully saturated rings. The molecule has 0 aliphatic carbocycles. The summed E-state index contributed by atoms with van der Waals surface area (Å²) in [4.78, 5) is 23.9. The maximum absolute atomic E-state index is 11.7. The van der Waals surface area contributed by atoms with Crippen molar-refractivity contribution in [2.75, 3.05) is 6.54 Å². The zero-order chi connectivity index (χ0) is 13.5. The Labute approximate surface area is 110 Å². The number of aliphatic hydroxyl groups excluding tert-OH is 1. The third-order valence-corrected chi connectivity index (χ3v) is 3.34. The Bertz CT molecular complexity index is 392. The van der Waals surface area contributed by atoms with Gasteiger partial charge in [0.05, 0.1) is 11.0 Å². The number of aliphatic hydroxyl groups is 1. The van der Waals surface area contributed by atoms with Crippen LogP contribution in [-0.4, -0.2) is 35.6 Å². The minimum absolute atomic E-state index is 0.203. The smallest absolute Gasteiger partial charge is 0.261 e. The zero-order valence-corrected chi connectivity index (χ0v) is 11.3. The molecule has 2 atom stereocenters. The van der Waals surface area contributed by atoms with Crippen LogP contribution < -0.4 is 10.6 Å². The first-order valence-electron chi connectivity index (χ1n) is 5.84. The summed E-state index contributed by atoms with van der Waals surface area (Å²) in [6.45, 7) is 3.65. The molecule has 0 bridgehead atoms. The first-order chi connectivity index (χ1) is 8.54. The van der Waals surface area contributed by atoms with Crippen LogP contribution in [0.25, 0.3) is 0 Å². The molecule has 5 nitrogen and oxygen atoms in total. The highest BCUT2D eigenvalue weighted by atomic mass is 32.1. The second-order valence-corrected chi connectivity index (χ2v) is 4.93. The maximum Gasteiger partial charge on any atom is 0.261 e. The molecular formula is C12H18N2O3S. The fraction of sp³-hybridized carbons (Fsp3) is 0.500. The van der Waals surface area contributed by atoms with Crippen molar-refractivity contribution in [3.05, 3.63) is 22.4 Å². The van der Waals surface area contributed by atoms with Crippen molar-refractivity contribution in [1.29, 1.82) is 0 Å². The standard InChI is InChI=1S/C12H18N2O3S/c1-3-9(15)7-13-11(16)8(2)14-12(17)10-5-4-6-18-10/h4-6,8-9,15H,3,7H2,1-2H3,(H,13,16)(H,14,17). The molecule has 0 saturated heterocycles. The van der Waals surface area contributed by atoms with Crippen LogP contribution in [-0.2, 0) is 4.79 Å². The highest BCUT2D eigenvalue weighted by Crippen LogP contribution is 2.08.